The molecule has 0 bridgehead atoms. The Morgan fingerprint density at radius 2 is 1.44 bits per heavy atom. The van der Waals surface area contributed by atoms with Crippen molar-refractivity contribution in [1.29, 1.82) is 0 Å². The highest BCUT2D eigenvalue weighted by atomic mass is 35.5. The number of sulfonamides is 1. The topological polar surface area (TPSA) is 60.9 Å². The van der Waals surface area contributed by atoms with Crippen LogP contribution in [0.15, 0.2) is 59.5 Å². The highest BCUT2D eigenvalue weighted by Gasteiger charge is 2.32. The molecule has 4 rings (SSSR count). The summed E-state index contributed by atoms with van der Waals surface area (Å²) in [6.07, 6.45) is 0.503. The van der Waals surface area contributed by atoms with Crippen LogP contribution < -0.4 is 4.90 Å². The van der Waals surface area contributed by atoms with Crippen LogP contribution >= 0.6 is 34.8 Å². The SMILES string of the molecule is Cc1cc(C)c(S(=O)(=O)N(CCc2ccccc2)CC(=O)N2CCN(c3cc(Cl)c(Cl)c(Cl)c3)CC2)c(C)c1. The molecule has 0 atom stereocenters. The number of rotatable bonds is 8. The smallest absolute Gasteiger partial charge is 0.244 e. The van der Waals surface area contributed by atoms with Gasteiger partial charge in [0.2, 0.25) is 15.9 Å². The van der Waals surface area contributed by atoms with Crippen molar-refractivity contribution in [2.75, 3.05) is 44.2 Å². The van der Waals surface area contributed by atoms with E-state index in [0.29, 0.717) is 58.8 Å². The average molecular weight is 609 g/mol. The van der Waals surface area contributed by atoms with Crippen molar-refractivity contribution in [3.63, 3.8) is 0 Å². The lowest BCUT2D eigenvalue weighted by molar-refractivity contribution is -0.131. The van der Waals surface area contributed by atoms with Crippen LogP contribution in [-0.4, -0.2) is 62.8 Å². The van der Waals surface area contributed by atoms with E-state index in [1.807, 2.05) is 49.4 Å². The minimum atomic E-state index is -3.92. The maximum absolute atomic E-state index is 14.0. The van der Waals surface area contributed by atoms with Gasteiger partial charge in [-0.1, -0.05) is 82.8 Å². The van der Waals surface area contributed by atoms with Gasteiger partial charge in [-0.2, -0.15) is 4.31 Å². The molecule has 0 saturated carbocycles. The number of piperazine rings is 1. The monoisotopic (exact) mass is 607 g/mol. The Bertz CT molecular complexity index is 1410. The van der Waals surface area contributed by atoms with Gasteiger partial charge in [-0.15, -0.1) is 0 Å². The van der Waals surface area contributed by atoms with Crippen LogP contribution in [0.2, 0.25) is 15.1 Å². The normalized spacial score (nSPS) is 14.2. The third-order valence-electron chi connectivity index (χ3n) is 6.97. The van der Waals surface area contributed by atoms with Crippen molar-refractivity contribution in [1.82, 2.24) is 9.21 Å². The summed E-state index contributed by atoms with van der Waals surface area (Å²) in [7, 11) is -3.92. The zero-order chi connectivity index (χ0) is 28.3. The van der Waals surface area contributed by atoms with Crippen molar-refractivity contribution in [3.05, 3.63) is 91.9 Å². The molecule has 0 aromatic heterocycles. The summed E-state index contributed by atoms with van der Waals surface area (Å²) in [6.45, 7) is 7.56. The third-order valence-corrected chi connectivity index (χ3v) is 10.3. The van der Waals surface area contributed by atoms with Crippen molar-refractivity contribution in [3.8, 4) is 0 Å². The molecular formula is C29H32Cl3N3O3S. The standard InChI is InChI=1S/C29H32Cl3N3O3S/c1-20-15-21(2)29(22(3)16-20)39(37,38)35(10-9-23-7-5-4-6-8-23)19-27(36)34-13-11-33(12-14-34)24-17-25(30)28(32)26(31)18-24/h4-8,15-18H,9-14,19H2,1-3H3. The molecule has 0 N–H and O–H groups in total. The van der Waals surface area contributed by atoms with Gasteiger partial charge in [0, 0.05) is 38.4 Å². The molecule has 10 heteroatoms. The minimum Gasteiger partial charge on any atom is -0.368 e. The fraction of sp³-hybridized carbons (Fsp3) is 0.345. The van der Waals surface area contributed by atoms with E-state index in [4.69, 9.17) is 34.8 Å². The van der Waals surface area contributed by atoms with Crippen LogP contribution in [0.25, 0.3) is 0 Å². The molecule has 1 amide bonds. The Morgan fingerprint density at radius 1 is 0.872 bits per heavy atom. The second kappa shape index (κ2) is 12.5. The first-order chi connectivity index (χ1) is 18.5. The van der Waals surface area contributed by atoms with Crippen molar-refractivity contribution in [2.45, 2.75) is 32.1 Å². The molecule has 1 saturated heterocycles. The Kier molecular flexibility index (Phi) is 9.50. The molecule has 0 radical (unpaired) electrons. The first-order valence-electron chi connectivity index (χ1n) is 12.8. The lowest BCUT2D eigenvalue weighted by Gasteiger charge is -2.37. The van der Waals surface area contributed by atoms with Gasteiger partial charge < -0.3 is 9.80 Å². The summed E-state index contributed by atoms with van der Waals surface area (Å²) in [4.78, 5) is 17.5. The van der Waals surface area contributed by atoms with E-state index < -0.39 is 10.0 Å². The predicted octanol–water partition coefficient (Wildman–Crippen LogP) is 6.15. The number of carbonyl (C=O) groups is 1. The zero-order valence-electron chi connectivity index (χ0n) is 22.3. The molecule has 6 nitrogen and oxygen atoms in total. The molecular weight excluding hydrogens is 577 g/mol. The quantitative estimate of drug-likeness (QED) is 0.288. The van der Waals surface area contributed by atoms with Crippen LogP contribution in [-0.2, 0) is 21.2 Å². The fourth-order valence-electron chi connectivity index (χ4n) is 5.08. The Morgan fingerprint density at radius 3 is 2.00 bits per heavy atom. The Balaban J connectivity index is 1.52. The van der Waals surface area contributed by atoms with Gasteiger partial charge >= 0.3 is 0 Å². The second-order valence-electron chi connectivity index (χ2n) is 9.89. The van der Waals surface area contributed by atoms with Crippen LogP contribution in [0.3, 0.4) is 0 Å². The van der Waals surface area contributed by atoms with Gasteiger partial charge in [0.25, 0.3) is 0 Å². The number of benzene rings is 3. The van der Waals surface area contributed by atoms with Crippen LogP contribution in [0.4, 0.5) is 5.69 Å². The van der Waals surface area contributed by atoms with Crippen LogP contribution in [0.1, 0.15) is 22.3 Å². The van der Waals surface area contributed by atoms with E-state index in [1.54, 1.807) is 30.9 Å². The average Bonchev–Trinajstić information content (AvgIpc) is 2.89. The summed E-state index contributed by atoms with van der Waals surface area (Å²) >= 11 is 18.5. The fourth-order valence-corrected chi connectivity index (χ4v) is 7.46. The summed E-state index contributed by atoms with van der Waals surface area (Å²) in [5, 5.41) is 1.06. The molecule has 0 unspecified atom stereocenters. The van der Waals surface area contributed by atoms with Gasteiger partial charge in [-0.25, -0.2) is 8.42 Å². The number of halogens is 3. The predicted molar refractivity (Wildman–Crippen MR) is 160 cm³/mol. The number of hydrogen-bond acceptors (Lipinski definition) is 4. The molecule has 1 fully saturated rings. The van der Waals surface area contributed by atoms with Crippen molar-refractivity contribution < 1.29 is 13.2 Å². The molecule has 3 aromatic rings. The van der Waals surface area contributed by atoms with Crippen molar-refractivity contribution in [2.24, 2.45) is 0 Å². The maximum atomic E-state index is 14.0. The van der Waals surface area contributed by atoms with E-state index in [1.165, 1.54) is 4.31 Å². The van der Waals surface area contributed by atoms with E-state index in [0.717, 1.165) is 16.8 Å². The summed E-state index contributed by atoms with van der Waals surface area (Å²) in [5.74, 6) is -0.221. The van der Waals surface area contributed by atoms with Gasteiger partial charge in [0.15, 0.2) is 0 Å². The highest BCUT2D eigenvalue weighted by Crippen LogP contribution is 2.35. The molecule has 208 valence electrons. The van der Waals surface area contributed by atoms with E-state index in [2.05, 4.69) is 4.90 Å². The summed E-state index contributed by atoms with van der Waals surface area (Å²) in [6, 6.07) is 17.0. The first kappa shape index (κ1) is 29.7. The molecule has 1 aliphatic rings. The van der Waals surface area contributed by atoms with E-state index in [9.17, 15) is 13.2 Å². The largest absolute Gasteiger partial charge is 0.368 e. The lowest BCUT2D eigenvalue weighted by Crippen LogP contribution is -2.52. The Hall–Kier alpha value is -2.29. The first-order valence-corrected chi connectivity index (χ1v) is 15.3. The number of nitrogens with zero attached hydrogens (tertiary/aromatic N) is 3. The number of carbonyl (C=O) groups excluding carboxylic acids is 1. The maximum Gasteiger partial charge on any atom is 0.244 e. The zero-order valence-corrected chi connectivity index (χ0v) is 25.3. The molecule has 3 aromatic carbocycles. The molecule has 0 spiro atoms. The van der Waals surface area contributed by atoms with Gasteiger partial charge in [-0.05, 0) is 56.0 Å². The van der Waals surface area contributed by atoms with E-state index >= 15 is 0 Å². The summed E-state index contributed by atoms with van der Waals surface area (Å²) < 4.78 is 29.3. The van der Waals surface area contributed by atoms with Gasteiger partial charge in [-0.3, -0.25) is 4.79 Å². The van der Waals surface area contributed by atoms with Crippen LogP contribution in [0.5, 0.6) is 0 Å². The van der Waals surface area contributed by atoms with E-state index in [-0.39, 0.29) is 23.9 Å². The lowest BCUT2D eigenvalue weighted by atomic mass is 10.1. The van der Waals surface area contributed by atoms with Gasteiger partial charge in [0.05, 0.1) is 26.5 Å². The molecule has 1 aliphatic heterocycles. The summed E-state index contributed by atoms with van der Waals surface area (Å²) in [5.41, 5.74) is 4.20. The Labute approximate surface area is 246 Å². The number of amides is 1. The van der Waals surface area contributed by atoms with Crippen molar-refractivity contribution >= 4 is 56.4 Å². The second-order valence-corrected chi connectivity index (χ2v) is 13.0. The number of aryl methyl sites for hydroxylation is 3. The molecule has 0 aliphatic carbocycles. The highest BCUT2D eigenvalue weighted by molar-refractivity contribution is 7.89. The molecule has 1 heterocycles. The third kappa shape index (κ3) is 6.90. The van der Waals surface area contributed by atoms with Gasteiger partial charge in [0.1, 0.15) is 0 Å². The van der Waals surface area contributed by atoms with Crippen LogP contribution in [0, 0.1) is 20.8 Å². The minimum absolute atomic E-state index is 0.201. The molecule has 39 heavy (non-hydrogen) atoms. The number of hydrogen-bond donors (Lipinski definition) is 0. The number of anilines is 1.